The molecule has 82 valence electrons. The molecule has 0 radical (unpaired) electrons. The first kappa shape index (κ1) is 11.8. The lowest BCUT2D eigenvalue weighted by Crippen LogP contribution is -2.18. The number of ether oxygens (including phenoxy) is 1. The minimum atomic E-state index is -0.851. The largest absolute Gasteiger partial charge is 0.460 e. The van der Waals surface area contributed by atoms with Crippen molar-refractivity contribution >= 4 is 23.5 Å². The molecule has 0 aliphatic carbocycles. The lowest BCUT2D eigenvalue weighted by molar-refractivity contribution is -0.137. The van der Waals surface area contributed by atoms with Gasteiger partial charge in [0.05, 0.1) is 6.61 Å². The van der Waals surface area contributed by atoms with Crippen LogP contribution < -0.4 is 0 Å². The van der Waals surface area contributed by atoms with Crippen LogP contribution >= 0.6 is 11.8 Å². The van der Waals surface area contributed by atoms with Crippen LogP contribution in [0.1, 0.15) is 23.2 Å². The van der Waals surface area contributed by atoms with Gasteiger partial charge in [-0.1, -0.05) is 0 Å². The van der Waals surface area contributed by atoms with E-state index in [-0.39, 0.29) is 12.3 Å². The van der Waals surface area contributed by atoms with Crippen molar-refractivity contribution < 1.29 is 14.3 Å². The number of rotatable bonds is 4. The van der Waals surface area contributed by atoms with Crippen LogP contribution in [0.5, 0.6) is 0 Å². The second-order valence-corrected chi connectivity index (χ2v) is 3.55. The summed E-state index contributed by atoms with van der Waals surface area (Å²) < 4.78 is 4.62. The Bertz CT molecular complexity index is 387. The van der Waals surface area contributed by atoms with Crippen molar-refractivity contribution in [2.75, 3.05) is 12.9 Å². The van der Waals surface area contributed by atoms with Gasteiger partial charge in [0.2, 0.25) is 0 Å². The second kappa shape index (κ2) is 4.97. The van der Waals surface area contributed by atoms with E-state index in [1.54, 1.807) is 20.1 Å². The van der Waals surface area contributed by atoms with Crippen molar-refractivity contribution in [1.82, 2.24) is 9.97 Å². The lowest BCUT2D eigenvalue weighted by Gasteiger charge is -1.99. The number of H-pyrrole nitrogens is 1. The number of aryl methyl sites for hydroxylation is 1. The Labute approximate surface area is 91.6 Å². The standard InChI is InChI=1S/C9H12N2O3S/c1-4-14-9(13)7(12)6-8(15-3)11-5(2)10-6/h4H2,1-3H3,(H,10,11). The summed E-state index contributed by atoms with van der Waals surface area (Å²) in [5, 5.41) is 0.519. The first-order chi connectivity index (χ1) is 7.10. The number of aromatic nitrogens is 2. The molecule has 0 aliphatic heterocycles. The van der Waals surface area contributed by atoms with Gasteiger partial charge in [-0.15, -0.1) is 11.8 Å². The molecule has 0 atom stereocenters. The molecule has 1 heterocycles. The van der Waals surface area contributed by atoms with E-state index in [1.165, 1.54) is 11.8 Å². The number of nitrogens with one attached hydrogen (secondary N) is 1. The zero-order chi connectivity index (χ0) is 11.4. The van der Waals surface area contributed by atoms with Gasteiger partial charge in [-0.3, -0.25) is 4.79 Å². The normalized spacial score (nSPS) is 10.1. The Hall–Kier alpha value is -1.30. The van der Waals surface area contributed by atoms with Gasteiger partial charge >= 0.3 is 5.97 Å². The number of carbonyl (C=O) groups is 2. The molecule has 1 aromatic rings. The van der Waals surface area contributed by atoms with Gasteiger partial charge < -0.3 is 9.72 Å². The van der Waals surface area contributed by atoms with Crippen LogP contribution in [-0.4, -0.2) is 34.6 Å². The average molecular weight is 228 g/mol. The van der Waals surface area contributed by atoms with Gasteiger partial charge in [0, 0.05) is 0 Å². The van der Waals surface area contributed by atoms with Gasteiger partial charge in [0.15, 0.2) is 0 Å². The molecule has 0 aromatic carbocycles. The first-order valence-electron chi connectivity index (χ1n) is 4.42. The molecule has 15 heavy (non-hydrogen) atoms. The van der Waals surface area contributed by atoms with Gasteiger partial charge in [0.1, 0.15) is 16.5 Å². The minimum Gasteiger partial charge on any atom is -0.460 e. The van der Waals surface area contributed by atoms with Crippen molar-refractivity contribution in [3.63, 3.8) is 0 Å². The van der Waals surface area contributed by atoms with Crippen molar-refractivity contribution in [3.8, 4) is 0 Å². The molecule has 0 bridgehead atoms. The molecule has 0 fully saturated rings. The van der Waals surface area contributed by atoms with Crippen molar-refractivity contribution in [3.05, 3.63) is 11.5 Å². The molecule has 0 amide bonds. The summed E-state index contributed by atoms with van der Waals surface area (Å²) in [6, 6.07) is 0. The molecule has 1 aromatic heterocycles. The van der Waals surface area contributed by atoms with Crippen LogP contribution in [0.15, 0.2) is 5.03 Å². The SMILES string of the molecule is CCOC(=O)C(=O)c1[nH]c(C)nc1SC. The summed E-state index contributed by atoms with van der Waals surface area (Å²) >= 11 is 1.31. The molecule has 0 saturated heterocycles. The van der Waals surface area contributed by atoms with Crippen LogP contribution in [0.2, 0.25) is 0 Å². The summed E-state index contributed by atoms with van der Waals surface area (Å²) in [6.45, 7) is 3.56. The highest BCUT2D eigenvalue weighted by atomic mass is 32.2. The van der Waals surface area contributed by atoms with Crippen LogP contribution in [0.3, 0.4) is 0 Å². The zero-order valence-corrected chi connectivity index (χ0v) is 9.60. The van der Waals surface area contributed by atoms with Crippen LogP contribution in [-0.2, 0) is 9.53 Å². The fourth-order valence-electron chi connectivity index (χ4n) is 1.07. The summed E-state index contributed by atoms with van der Waals surface area (Å²) in [5.41, 5.74) is 0.207. The smallest absolute Gasteiger partial charge is 0.381 e. The quantitative estimate of drug-likeness (QED) is 0.362. The van der Waals surface area contributed by atoms with Crippen molar-refractivity contribution in [1.29, 1.82) is 0 Å². The van der Waals surface area contributed by atoms with E-state index < -0.39 is 11.8 Å². The Morgan fingerprint density at radius 2 is 2.20 bits per heavy atom. The molecule has 0 saturated carbocycles. The highest BCUT2D eigenvalue weighted by Crippen LogP contribution is 2.18. The van der Waals surface area contributed by atoms with Crippen molar-refractivity contribution in [2.45, 2.75) is 18.9 Å². The molecule has 6 heteroatoms. The van der Waals surface area contributed by atoms with Gasteiger partial charge in [0.25, 0.3) is 5.78 Å². The van der Waals surface area contributed by atoms with E-state index in [1.807, 2.05) is 0 Å². The maximum Gasteiger partial charge on any atom is 0.381 e. The summed E-state index contributed by atoms with van der Waals surface area (Å²) in [7, 11) is 0. The highest BCUT2D eigenvalue weighted by Gasteiger charge is 2.23. The molecule has 5 nitrogen and oxygen atoms in total. The van der Waals surface area contributed by atoms with Crippen LogP contribution in [0.4, 0.5) is 0 Å². The third kappa shape index (κ3) is 2.59. The summed E-state index contributed by atoms with van der Waals surface area (Å²) in [5.74, 6) is -0.926. The number of thioether (sulfide) groups is 1. The van der Waals surface area contributed by atoms with E-state index in [9.17, 15) is 9.59 Å². The number of carbonyl (C=O) groups excluding carboxylic acids is 2. The fraction of sp³-hybridized carbons (Fsp3) is 0.444. The topological polar surface area (TPSA) is 72.1 Å². The maximum atomic E-state index is 11.6. The number of imidazole rings is 1. The summed E-state index contributed by atoms with van der Waals surface area (Å²) in [4.78, 5) is 29.6. The van der Waals surface area contributed by atoms with Gasteiger partial charge in [-0.2, -0.15) is 0 Å². The number of ketones is 1. The van der Waals surface area contributed by atoms with E-state index in [0.717, 1.165) is 0 Å². The third-order valence-electron chi connectivity index (χ3n) is 1.67. The van der Waals surface area contributed by atoms with Gasteiger partial charge in [-0.25, -0.2) is 9.78 Å². The minimum absolute atomic E-state index is 0.187. The number of hydrogen-bond donors (Lipinski definition) is 1. The fourth-order valence-corrected chi connectivity index (χ4v) is 1.65. The third-order valence-corrected chi connectivity index (χ3v) is 2.35. The van der Waals surface area contributed by atoms with Crippen LogP contribution in [0.25, 0.3) is 0 Å². The molecule has 1 N–H and O–H groups in total. The number of nitrogens with zero attached hydrogens (tertiary/aromatic N) is 1. The second-order valence-electron chi connectivity index (χ2n) is 2.76. The predicted molar refractivity (Wildman–Crippen MR) is 56.1 cm³/mol. The van der Waals surface area contributed by atoms with Gasteiger partial charge in [-0.05, 0) is 20.1 Å². The van der Waals surface area contributed by atoms with Crippen molar-refractivity contribution in [2.24, 2.45) is 0 Å². The molecular weight excluding hydrogens is 216 g/mol. The van der Waals surface area contributed by atoms with Crippen LogP contribution in [0, 0.1) is 6.92 Å². The number of hydrogen-bond acceptors (Lipinski definition) is 5. The monoisotopic (exact) mass is 228 g/mol. The molecule has 0 unspecified atom stereocenters. The Morgan fingerprint density at radius 3 is 2.73 bits per heavy atom. The maximum absolute atomic E-state index is 11.6. The Kier molecular flexibility index (Phi) is 3.90. The molecule has 0 aliphatic rings. The predicted octanol–water partition coefficient (Wildman–Crippen LogP) is 1.19. The van der Waals surface area contributed by atoms with E-state index in [2.05, 4.69) is 14.7 Å². The zero-order valence-electron chi connectivity index (χ0n) is 8.79. The van der Waals surface area contributed by atoms with E-state index in [0.29, 0.717) is 10.9 Å². The summed E-state index contributed by atoms with van der Waals surface area (Å²) in [6.07, 6.45) is 1.79. The number of aromatic amines is 1. The van der Waals surface area contributed by atoms with E-state index in [4.69, 9.17) is 0 Å². The Balaban J connectivity index is 2.94. The molecule has 1 rings (SSSR count). The first-order valence-corrected chi connectivity index (χ1v) is 5.64. The molecular formula is C9H12N2O3S. The molecule has 0 spiro atoms. The van der Waals surface area contributed by atoms with E-state index >= 15 is 0 Å². The average Bonchev–Trinajstić information content (AvgIpc) is 2.58. The highest BCUT2D eigenvalue weighted by molar-refractivity contribution is 7.98. The number of esters is 1. The lowest BCUT2D eigenvalue weighted by atomic mass is 10.3. The number of Topliss-reactive ketones (excluding diaryl/α,β-unsaturated/α-hetero) is 1. The Morgan fingerprint density at radius 1 is 1.53 bits per heavy atom.